The van der Waals surface area contributed by atoms with Crippen LogP contribution in [0.15, 0.2) is 12.5 Å². The second-order valence-electron chi connectivity index (χ2n) is 2.01. The molecular formula is C6H5N3O4. The van der Waals surface area contributed by atoms with Gasteiger partial charge in [0.15, 0.2) is 0 Å². The van der Waals surface area contributed by atoms with Gasteiger partial charge in [0.1, 0.15) is 12.5 Å². The van der Waals surface area contributed by atoms with Crippen LogP contribution in [-0.4, -0.2) is 28.0 Å². The number of aromatic nitrogens is 2. The third kappa shape index (κ3) is 1.75. The van der Waals surface area contributed by atoms with Gasteiger partial charge in [-0.2, -0.15) is 0 Å². The predicted octanol–water partition coefficient (Wildman–Crippen LogP) is 0.171. The molecule has 1 aromatic rings. The number of rotatable bonds is 2. The van der Waals surface area contributed by atoms with Crippen LogP contribution in [0.2, 0.25) is 0 Å². The van der Waals surface area contributed by atoms with Crippen molar-refractivity contribution in [1.29, 1.82) is 0 Å². The molecule has 0 amide bonds. The van der Waals surface area contributed by atoms with Crippen molar-refractivity contribution in [3.8, 4) is 0 Å². The molecule has 0 aromatic carbocycles. The van der Waals surface area contributed by atoms with Crippen LogP contribution in [0.1, 0.15) is 10.5 Å². The van der Waals surface area contributed by atoms with E-state index in [0.717, 1.165) is 19.6 Å². The predicted molar refractivity (Wildman–Crippen MR) is 40.0 cm³/mol. The second-order valence-corrected chi connectivity index (χ2v) is 2.01. The van der Waals surface area contributed by atoms with E-state index < -0.39 is 16.6 Å². The molecule has 0 unspecified atom stereocenters. The highest BCUT2D eigenvalue weighted by molar-refractivity contribution is 5.91. The number of nitrogens with zero attached hydrogens (tertiary/aromatic N) is 3. The van der Waals surface area contributed by atoms with Crippen LogP contribution in [0.25, 0.3) is 0 Å². The van der Waals surface area contributed by atoms with E-state index in [4.69, 9.17) is 0 Å². The maximum atomic E-state index is 10.9. The summed E-state index contributed by atoms with van der Waals surface area (Å²) in [7, 11) is 1.12. The van der Waals surface area contributed by atoms with Crippen LogP contribution < -0.4 is 0 Å². The topological polar surface area (TPSA) is 95.2 Å². The van der Waals surface area contributed by atoms with Gasteiger partial charge in [-0.25, -0.2) is 14.8 Å². The summed E-state index contributed by atoms with van der Waals surface area (Å²) in [5, 5.41) is 10.4. The molecule has 1 rings (SSSR count). The molecule has 0 saturated carbocycles. The van der Waals surface area contributed by atoms with E-state index in [0.29, 0.717) is 0 Å². The highest BCUT2D eigenvalue weighted by Gasteiger charge is 2.22. The van der Waals surface area contributed by atoms with Crippen LogP contribution >= 0.6 is 0 Å². The molecule has 0 atom stereocenters. The van der Waals surface area contributed by atoms with Gasteiger partial charge in [0.25, 0.3) is 0 Å². The van der Waals surface area contributed by atoms with Gasteiger partial charge in [-0.3, -0.25) is 10.1 Å². The van der Waals surface area contributed by atoms with Crippen LogP contribution in [0.4, 0.5) is 5.69 Å². The molecule has 0 N–H and O–H groups in total. The minimum Gasteiger partial charge on any atom is -0.464 e. The maximum Gasteiger partial charge on any atom is 0.364 e. The minimum atomic E-state index is -0.853. The number of hydrogen-bond acceptors (Lipinski definition) is 6. The Morgan fingerprint density at radius 1 is 1.69 bits per heavy atom. The lowest BCUT2D eigenvalue weighted by molar-refractivity contribution is -0.385. The standard InChI is InChI=1S/C6H5N3O4/c1-13-6(10)5-4(9(11)12)2-7-3-8-5/h2-3H,1H3. The fourth-order valence-electron chi connectivity index (χ4n) is 0.710. The van der Waals surface area contributed by atoms with Crippen molar-refractivity contribution in [2.24, 2.45) is 0 Å². The lowest BCUT2D eigenvalue weighted by atomic mass is 10.3. The van der Waals surface area contributed by atoms with Gasteiger partial charge in [0.05, 0.1) is 12.0 Å². The summed E-state index contributed by atoms with van der Waals surface area (Å²) in [4.78, 5) is 27.4. The number of nitro groups is 1. The number of carbonyl (C=O) groups excluding carboxylic acids is 1. The molecule has 68 valence electrons. The molecule has 0 aliphatic heterocycles. The van der Waals surface area contributed by atoms with Crippen molar-refractivity contribution in [2.45, 2.75) is 0 Å². The second kappa shape index (κ2) is 3.57. The number of ether oxygens (including phenoxy) is 1. The summed E-state index contributed by atoms with van der Waals surface area (Å²) in [6.07, 6.45) is 1.98. The normalized spacial score (nSPS) is 9.31. The van der Waals surface area contributed by atoms with Gasteiger partial charge in [-0.1, -0.05) is 0 Å². The number of carbonyl (C=O) groups is 1. The molecule has 13 heavy (non-hydrogen) atoms. The first kappa shape index (κ1) is 9.04. The summed E-state index contributed by atoms with van der Waals surface area (Å²) >= 11 is 0. The van der Waals surface area contributed by atoms with Crippen LogP contribution in [-0.2, 0) is 4.74 Å². The van der Waals surface area contributed by atoms with Crippen LogP contribution in [0.3, 0.4) is 0 Å². The van der Waals surface area contributed by atoms with Crippen LogP contribution in [0, 0.1) is 10.1 Å². The summed E-state index contributed by atoms with van der Waals surface area (Å²) in [5.41, 5.74) is -0.808. The SMILES string of the molecule is COC(=O)c1ncncc1[N+](=O)[O-]. The Bertz CT molecular complexity index is 351. The molecule has 0 spiro atoms. The molecule has 0 radical (unpaired) electrons. The molecule has 0 saturated heterocycles. The van der Waals surface area contributed by atoms with Crippen molar-refractivity contribution in [1.82, 2.24) is 9.97 Å². The minimum absolute atomic E-state index is 0.345. The Kier molecular flexibility index (Phi) is 2.48. The first-order valence-electron chi connectivity index (χ1n) is 3.19. The summed E-state index contributed by atoms with van der Waals surface area (Å²) < 4.78 is 4.29. The van der Waals surface area contributed by atoms with E-state index in [-0.39, 0.29) is 5.69 Å². The van der Waals surface area contributed by atoms with Crippen LogP contribution in [0.5, 0.6) is 0 Å². The molecule has 0 aliphatic carbocycles. The zero-order valence-corrected chi connectivity index (χ0v) is 6.63. The van der Waals surface area contributed by atoms with E-state index in [1.807, 2.05) is 0 Å². The smallest absolute Gasteiger partial charge is 0.364 e. The summed E-state index contributed by atoms with van der Waals surface area (Å²) in [5.74, 6) is -0.853. The lowest BCUT2D eigenvalue weighted by Gasteiger charge is -1.97. The number of methoxy groups -OCH3 is 1. The molecule has 1 heterocycles. The Hall–Kier alpha value is -2.05. The Labute approximate surface area is 72.5 Å². The average molecular weight is 183 g/mol. The molecule has 0 fully saturated rings. The highest BCUT2D eigenvalue weighted by Crippen LogP contribution is 2.13. The number of hydrogen-bond donors (Lipinski definition) is 0. The fraction of sp³-hybridized carbons (Fsp3) is 0.167. The van der Waals surface area contributed by atoms with Gasteiger partial charge < -0.3 is 4.74 Å². The van der Waals surface area contributed by atoms with Gasteiger partial charge >= 0.3 is 11.7 Å². The van der Waals surface area contributed by atoms with E-state index in [9.17, 15) is 14.9 Å². The quantitative estimate of drug-likeness (QED) is 0.368. The third-order valence-corrected chi connectivity index (χ3v) is 1.27. The average Bonchev–Trinajstić information content (AvgIpc) is 2.16. The Morgan fingerprint density at radius 3 is 2.92 bits per heavy atom. The zero-order chi connectivity index (χ0) is 9.84. The molecule has 0 bridgehead atoms. The Morgan fingerprint density at radius 2 is 2.38 bits per heavy atom. The van der Waals surface area contributed by atoms with Crippen molar-refractivity contribution in [3.05, 3.63) is 28.3 Å². The largest absolute Gasteiger partial charge is 0.464 e. The van der Waals surface area contributed by atoms with Gasteiger partial charge in [0, 0.05) is 0 Å². The van der Waals surface area contributed by atoms with E-state index >= 15 is 0 Å². The summed E-state index contributed by atoms with van der Waals surface area (Å²) in [6, 6.07) is 0. The first-order chi connectivity index (χ1) is 6.16. The molecule has 7 heteroatoms. The van der Waals surface area contributed by atoms with Crippen molar-refractivity contribution in [3.63, 3.8) is 0 Å². The van der Waals surface area contributed by atoms with Gasteiger partial charge in [-0.05, 0) is 0 Å². The third-order valence-electron chi connectivity index (χ3n) is 1.27. The Balaban J connectivity index is 3.19. The lowest BCUT2D eigenvalue weighted by Crippen LogP contribution is -2.08. The maximum absolute atomic E-state index is 10.9. The van der Waals surface area contributed by atoms with Crippen molar-refractivity contribution < 1.29 is 14.5 Å². The van der Waals surface area contributed by atoms with E-state index in [1.165, 1.54) is 0 Å². The molecule has 0 aliphatic rings. The summed E-state index contributed by atoms with van der Waals surface area (Å²) in [6.45, 7) is 0. The van der Waals surface area contributed by atoms with E-state index in [1.54, 1.807) is 0 Å². The van der Waals surface area contributed by atoms with Crippen molar-refractivity contribution >= 4 is 11.7 Å². The monoisotopic (exact) mass is 183 g/mol. The van der Waals surface area contributed by atoms with Gasteiger partial charge in [-0.15, -0.1) is 0 Å². The fourth-order valence-corrected chi connectivity index (χ4v) is 0.710. The molecule has 1 aromatic heterocycles. The van der Waals surface area contributed by atoms with E-state index in [2.05, 4.69) is 14.7 Å². The van der Waals surface area contributed by atoms with Gasteiger partial charge in [0.2, 0.25) is 5.69 Å². The number of esters is 1. The molecule has 7 nitrogen and oxygen atoms in total. The highest BCUT2D eigenvalue weighted by atomic mass is 16.6. The first-order valence-corrected chi connectivity index (χ1v) is 3.19. The zero-order valence-electron chi connectivity index (χ0n) is 6.63. The van der Waals surface area contributed by atoms with Crippen molar-refractivity contribution in [2.75, 3.05) is 7.11 Å². The molecular weight excluding hydrogens is 178 g/mol.